The Balaban J connectivity index is 2.17. The molecule has 4 heteroatoms. The number of hydrogen-bond acceptors (Lipinski definition) is 2. The third-order valence-corrected chi connectivity index (χ3v) is 4.07. The van der Waals surface area contributed by atoms with E-state index in [-0.39, 0.29) is 4.71 Å². The minimum absolute atomic E-state index is 0.222. The van der Waals surface area contributed by atoms with Crippen LogP contribution in [0.2, 0.25) is 0 Å². The molecule has 0 aromatic heterocycles. The fraction of sp³-hybridized carbons (Fsp3) is 0.333. The van der Waals surface area contributed by atoms with Crippen molar-refractivity contribution in [3.05, 3.63) is 30.3 Å². The van der Waals surface area contributed by atoms with Crippen LogP contribution in [0.3, 0.4) is 0 Å². The topological polar surface area (TPSA) is 20.3 Å². The van der Waals surface area contributed by atoms with Gasteiger partial charge in [-0.1, -0.05) is 18.2 Å². The molecule has 1 aromatic rings. The zero-order chi connectivity index (χ0) is 9.26. The average Bonchev–Trinajstić information content (AvgIpc) is 2.49. The molecule has 2 rings (SSSR count). The van der Waals surface area contributed by atoms with E-state index in [1.54, 1.807) is 0 Å². The standard InChI is InChI=1S/C9H10ClNOS/c10-9-6-11(7-13(9)12)8-4-2-1-3-5-8/h1-5,9H,6-7H2. The van der Waals surface area contributed by atoms with E-state index in [0.717, 1.165) is 5.69 Å². The highest BCUT2D eigenvalue weighted by Crippen LogP contribution is 2.22. The van der Waals surface area contributed by atoms with Gasteiger partial charge in [0.15, 0.2) is 0 Å². The minimum atomic E-state index is -0.907. The summed E-state index contributed by atoms with van der Waals surface area (Å²) in [5.41, 5.74) is 1.10. The van der Waals surface area contributed by atoms with Crippen molar-refractivity contribution in [1.82, 2.24) is 0 Å². The van der Waals surface area contributed by atoms with Crippen molar-refractivity contribution in [3.8, 4) is 0 Å². The van der Waals surface area contributed by atoms with Crippen molar-refractivity contribution in [2.45, 2.75) is 4.71 Å². The lowest BCUT2D eigenvalue weighted by atomic mass is 10.3. The second kappa shape index (κ2) is 3.68. The molecule has 1 aliphatic rings. The van der Waals surface area contributed by atoms with Gasteiger partial charge < -0.3 is 4.90 Å². The summed E-state index contributed by atoms with van der Waals surface area (Å²) in [7, 11) is -0.907. The molecule has 1 aromatic carbocycles. The number of anilines is 1. The molecule has 1 saturated heterocycles. The first kappa shape index (κ1) is 9.03. The van der Waals surface area contributed by atoms with E-state index in [0.29, 0.717) is 12.4 Å². The maximum absolute atomic E-state index is 11.3. The number of nitrogens with zero attached hydrogens (tertiary/aromatic N) is 1. The molecule has 2 atom stereocenters. The molecule has 0 aliphatic carbocycles. The highest BCUT2D eigenvalue weighted by molar-refractivity contribution is 7.87. The van der Waals surface area contributed by atoms with E-state index in [1.807, 2.05) is 35.2 Å². The van der Waals surface area contributed by atoms with E-state index in [2.05, 4.69) is 0 Å². The van der Waals surface area contributed by atoms with Gasteiger partial charge in [0.2, 0.25) is 0 Å². The van der Waals surface area contributed by atoms with Crippen LogP contribution in [0, 0.1) is 0 Å². The Labute approximate surface area is 85.0 Å². The lowest BCUT2D eigenvalue weighted by Gasteiger charge is -2.15. The molecule has 2 unspecified atom stereocenters. The molecule has 0 N–H and O–H groups in total. The summed E-state index contributed by atoms with van der Waals surface area (Å²) in [6, 6.07) is 9.92. The largest absolute Gasteiger partial charge is 0.357 e. The Kier molecular flexibility index (Phi) is 2.56. The Bertz CT molecular complexity index is 317. The van der Waals surface area contributed by atoms with Crippen LogP contribution in [0.25, 0.3) is 0 Å². The molecule has 1 fully saturated rings. The van der Waals surface area contributed by atoms with Crippen LogP contribution in [0.5, 0.6) is 0 Å². The molecule has 1 heterocycles. The van der Waals surface area contributed by atoms with Crippen LogP contribution in [0.4, 0.5) is 5.69 Å². The quantitative estimate of drug-likeness (QED) is 0.666. The van der Waals surface area contributed by atoms with Gasteiger partial charge in [-0.05, 0) is 12.1 Å². The van der Waals surface area contributed by atoms with Gasteiger partial charge in [-0.3, -0.25) is 4.21 Å². The molecule has 0 saturated carbocycles. The van der Waals surface area contributed by atoms with Crippen LogP contribution in [0.15, 0.2) is 30.3 Å². The maximum atomic E-state index is 11.3. The first-order valence-corrected chi connectivity index (χ1v) is 5.90. The Morgan fingerprint density at radius 3 is 2.62 bits per heavy atom. The van der Waals surface area contributed by atoms with E-state index in [4.69, 9.17) is 11.6 Å². The van der Waals surface area contributed by atoms with Crippen molar-refractivity contribution in [3.63, 3.8) is 0 Å². The monoisotopic (exact) mass is 215 g/mol. The zero-order valence-corrected chi connectivity index (χ0v) is 8.59. The molecule has 0 radical (unpaired) electrons. The molecule has 0 amide bonds. The molecule has 1 aliphatic heterocycles. The first-order valence-electron chi connectivity index (χ1n) is 4.08. The summed E-state index contributed by atoms with van der Waals surface area (Å²) in [5.74, 6) is 0.554. The maximum Gasteiger partial charge on any atom is 0.128 e. The second-order valence-corrected chi connectivity index (χ2v) is 5.35. The summed E-state index contributed by atoms with van der Waals surface area (Å²) in [6.45, 7) is 0.679. The number of para-hydroxylation sites is 1. The van der Waals surface area contributed by atoms with Gasteiger partial charge in [0, 0.05) is 12.2 Å². The summed E-state index contributed by atoms with van der Waals surface area (Å²) in [6.07, 6.45) is 0. The summed E-state index contributed by atoms with van der Waals surface area (Å²) in [4.78, 5) is 2.05. The van der Waals surface area contributed by atoms with Crippen molar-refractivity contribution in [2.24, 2.45) is 0 Å². The lowest BCUT2D eigenvalue weighted by Crippen LogP contribution is -2.19. The fourth-order valence-corrected chi connectivity index (χ4v) is 2.77. The smallest absolute Gasteiger partial charge is 0.128 e. The van der Waals surface area contributed by atoms with Crippen molar-refractivity contribution >= 4 is 28.1 Å². The van der Waals surface area contributed by atoms with E-state index in [1.165, 1.54) is 0 Å². The van der Waals surface area contributed by atoms with Crippen LogP contribution in [0.1, 0.15) is 0 Å². The highest BCUT2D eigenvalue weighted by Gasteiger charge is 2.27. The van der Waals surface area contributed by atoms with Crippen molar-refractivity contribution in [1.29, 1.82) is 0 Å². The molecule has 0 spiro atoms. The lowest BCUT2D eigenvalue weighted by molar-refractivity contribution is 0.686. The number of rotatable bonds is 1. The van der Waals surface area contributed by atoms with Gasteiger partial charge in [0.05, 0.1) is 16.7 Å². The second-order valence-electron chi connectivity index (χ2n) is 2.98. The van der Waals surface area contributed by atoms with Gasteiger partial charge in [-0.25, -0.2) is 0 Å². The molecule has 2 nitrogen and oxygen atoms in total. The third-order valence-electron chi connectivity index (χ3n) is 2.05. The third kappa shape index (κ3) is 1.86. The van der Waals surface area contributed by atoms with Crippen LogP contribution < -0.4 is 4.90 Å². The number of halogens is 1. The van der Waals surface area contributed by atoms with Gasteiger partial charge in [0.25, 0.3) is 0 Å². The Morgan fingerprint density at radius 2 is 2.08 bits per heavy atom. The van der Waals surface area contributed by atoms with Crippen molar-refractivity contribution in [2.75, 3.05) is 17.3 Å². The van der Waals surface area contributed by atoms with E-state index in [9.17, 15) is 4.21 Å². The van der Waals surface area contributed by atoms with Gasteiger partial charge >= 0.3 is 0 Å². The average molecular weight is 216 g/mol. The normalized spacial score (nSPS) is 27.9. The SMILES string of the molecule is O=S1CN(c2ccccc2)CC1Cl. The summed E-state index contributed by atoms with van der Waals surface area (Å²) < 4.78 is 11.1. The van der Waals surface area contributed by atoms with Gasteiger partial charge in [0.1, 0.15) is 4.71 Å². The number of hydrogen-bond donors (Lipinski definition) is 0. The Hall–Kier alpha value is -0.540. The molecule has 13 heavy (non-hydrogen) atoms. The van der Waals surface area contributed by atoms with Gasteiger partial charge in [-0.2, -0.15) is 0 Å². The van der Waals surface area contributed by atoms with Gasteiger partial charge in [-0.15, -0.1) is 11.6 Å². The van der Waals surface area contributed by atoms with Crippen molar-refractivity contribution < 1.29 is 4.21 Å². The van der Waals surface area contributed by atoms with E-state index < -0.39 is 10.8 Å². The summed E-state index contributed by atoms with van der Waals surface area (Å²) in [5, 5.41) is 0. The predicted octanol–water partition coefficient (Wildman–Crippen LogP) is 1.78. The van der Waals surface area contributed by atoms with Crippen LogP contribution in [-0.2, 0) is 10.8 Å². The Morgan fingerprint density at radius 1 is 1.38 bits per heavy atom. The minimum Gasteiger partial charge on any atom is -0.357 e. The van der Waals surface area contributed by atoms with Crippen LogP contribution in [-0.4, -0.2) is 21.3 Å². The highest BCUT2D eigenvalue weighted by atomic mass is 35.5. The predicted molar refractivity (Wildman–Crippen MR) is 56.4 cm³/mol. The number of benzene rings is 1. The van der Waals surface area contributed by atoms with Crippen LogP contribution >= 0.6 is 11.6 Å². The fourth-order valence-electron chi connectivity index (χ4n) is 1.36. The number of alkyl halides is 1. The van der Waals surface area contributed by atoms with E-state index >= 15 is 0 Å². The molecule has 0 bridgehead atoms. The molecular weight excluding hydrogens is 206 g/mol. The zero-order valence-electron chi connectivity index (χ0n) is 7.02. The molecular formula is C9H10ClNOS. The first-order chi connectivity index (χ1) is 6.27. The summed E-state index contributed by atoms with van der Waals surface area (Å²) >= 11 is 5.87. The molecule has 70 valence electrons.